The highest BCUT2D eigenvalue weighted by molar-refractivity contribution is 5.99. The molecule has 5 nitrogen and oxygen atoms in total. The number of aromatic nitrogens is 1. The highest BCUT2D eigenvalue weighted by Gasteiger charge is 2.42. The molecule has 26 heavy (non-hydrogen) atoms. The topological polar surface area (TPSA) is 63.4 Å². The summed E-state index contributed by atoms with van der Waals surface area (Å²) in [6.45, 7) is 4.62. The maximum atomic E-state index is 13.3. The predicted octanol–water partition coefficient (Wildman–Crippen LogP) is 3.71. The Morgan fingerprint density at radius 1 is 1.12 bits per heavy atom. The van der Waals surface area contributed by atoms with Crippen molar-refractivity contribution in [3.63, 3.8) is 0 Å². The van der Waals surface area contributed by atoms with Crippen molar-refractivity contribution >= 4 is 16.9 Å². The van der Waals surface area contributed by atoms with Crippen molar-refractivity contribution in [2.24, 2.45) is 0 Å². The van der Waals surface area contributed by atoms with Crippen LogP contribution >= 0.6 is 0 Å². The summed E-state index contributed by atoms with van der Waals surface area (Å²) < 4.78 is 5.92. The summed E-state index contributed by atoms with van der Waals surface area (Å²) in [5.41, 5.74) is 2.73. The largest absolute Gasteiger partial charge is 0.450 e. The maximum Gasteiger partial charge on any atom is 0.290 e. The summed E-state index contributed by atoms with van der Waals surface area (Å²) in [4.78, 5) is 32.1. The van der Waals surface area contributed by atoms with Gasteiger partial charge in [0.2, 0.25) is 5.76 Å². The standard InChI is InChI=1S/C21H20N2O3/c1-3-11-23-18(14-7-9-22-10-8-14)17-19(24)15-12-13(4-2)5-6-16(15)26-20(17)21(23)25/h5-10,12,18H,3-4,11H2,1-2H3. The lowest BCUT2D eigenvalue weighted by molar-refractivity contribution is 0.0728. The number of pyridine rings is 1. The summed E-state index contributed by atoms with van der Waals surface area (Å²) in [5.74, 6) is -0.0516. The Labute approximate surface area is 151 Å². The Balaban J connectivity index is 2.01. The molecule has 1 aliphatic heterocycles. The average molecular weight is 348 g/mol. The van der Waals surface area contributed by atoms with Crippen LogP contribution in [0.4, 0.5) is 0 Å². The van der Waals surface area contributed by atoms with Crippen LogP contribution in [0.1, 0.15) is 53.6 Å². The number of fused-ring (bicyclic) bond motifs is 2. The first-order valence-corrected chi connectivity index (χ1v) is 8.96. The number of nitrogens with zero attached hydrogens (tertiary/aromatic N) is 2. The van der Waals surface area contributed by atoms with Gasteiger partial charge in [0, 0.05) is 18.9 Å². The molecule has 5 heteroatoms. The number of benzene rings is 1. The molecule has 0 saturated heterocycles. The van der Waals surface area contributed by atoms with Crippen LogP contribution in [-0.2, 0) is 6.42 Å². The molecule has 3 heterocycles. The van der Waals surface area contributed by atoms with Crippen LogP contribution in [0.2, 0.25) is 0 Å². The molecule has 1 atom stereocenters. The zero-order valence-electron chi connectivity index (χ0n) is 14.9. The fourth-order valence-corrected chi connectivity index (χ4v) is 3.65. The fourth-order valence-electron chi connectivity index (χ4n) is 3.65. The van der Waals surface area contributed by atoms with E-state index in [2.05, 4.69) is 4.98 Å². The molecular formula is C21H20N2O3. The van der Waals surface area contributed by atoms with Gasteiger partial charge in [-0.15, -0.1) is 0 Å². The minimum atomic E-state index is -0.425. The van der Waals surface area contributed by atoms with Gasteiger partial charge in [-0.2, -0.15) is 0 Å². The number of amides is 1. The lowest BCUT2D eigenvalue weighted by Crippen LogP contribution is -2.30. The molecule has 0 N–H and O–H groups in total. The summed E-state index contributed by atoms with van der Waals surface area (Å²) >= 11 is 0. The summed E-state index contributed by atoms with van der Waals surface area (Å²) in [6, 6.07) is 8.86. The van der Waals surface area contributed by atoms with Crippen LogP contribution in [0.5, 0.6) is 0 Å². The number of carbonyl (C=O) groups is 1. The van der Waals surface area contributed by atoms with E-state index in [0.29, 0.717) is 23.1 Å². The molecule has 1 aliphatic rings. The van der Waals surface area contributed by atoms with Crippen molar-refractivity contribution in [1.82, 2.24) is 9.88 Å². The summed E-state index contributed by atoms with van der Waals surface area (Å²) in [7, 11) is 0. The third kappa shape index (κ3) is 2.43. The van der Waals surface area contributed by atoms with Gasteiger partial charge in [0.25, 0.3) is 5.91 Å². The lowest BCUT2D eigenvalue weighted by atomic mass is 9.98. The Hall–Kier alpha value is -2.95. The van der Waals surface area contributed by atoms with Crippen molar-refractivity contribution in [1.29, 1.82) is 0 Å². The number of rotatable bonds is 4. The Bertz CT molecular complexity index is 1040. The molecule has 2 aromatic heterocycles. The van der Waals surface area contributed by atoms with Crippen LogP contribution < -0.4 is 5.43 Å². The highest BCUT2D eigenvalue weighted by atomic mass is 16.3. The Morgan fingerprint density at radius 2 is 1.88 bits per heavy atom. The minimum Gasteiger partial charge on any atom is -0.450 e. The van der Waals surface area contributed by atoms with Gasteiger partial charge in [-0.1, -0.05) is 19.9 Å². The van der Waals surface area contributed by atoms with E-state index in [0.717, 1.165) is 24.0 Å². The van der Waals surface area contributed by atoms with Crippen LogP contribution in [0.15, 0.2) is 51.9 Å². The molecule has 4 rings (SSSR count). The first-order chi connectivity index (χ1) is 12.7. The molecule has 0 saturated carbocycles. The highest BCUT2D eigenvalue weighted by Crippen LogP contribution is 2.37. The zero-order chi connectivity index (χ0) is 18.3. The van der Waals surface area contributed by atoms with Crippen molar-refractivity contribution in [2.75, 3.05) is 6.54 Å². The normalized spacial score (nSPS) is 16.3. The van der Waals surface area contributed by atoms with Crippen molar-refractivity contribution < 1.29 is 9.21 Å². The third-order valence-electron chi connectivity index (χ3n) is 4.92. The van der Waals surface area contributed by atoms with E-state index < -0.39 is 6.04 Å². The molecule has 0 bridgehead atoms. The molecule has 0 radical (unpaired) electrons. The van der Waals surface area contributed by atoms with E-state index in [9.17, 15) is 9.59 Å². The SMILES string of the molecule is CCCN1C(=O)c2oc3ccc(CC)cc3c(=O)c2C1c1ccncc1. The third-order valence-corrected chi connectivity index (χ3v) is 4.92. The molecule has 1 aromatic carbocycles. The first-order valence-electron chi connectivity index (χ1n) is 8.96. The Morgan fingerprint density at radius 3 is 2.58 bits per heavy atom. The van der Waals surface area contributed by atoms with Crippen LogP contribution in [-0.4, -0.2) is 22.3 Å². The van der Waals surface area contributed by atoms with Crippen molar-refractivity contribution in [3.8, 4) is 0 Å². The van der Waals surface area contributed by atoms with Crippen LogP contribution in [0, 0.1) is 0 Å². The van der Waals surface area contributed by atoms with E-state index in [-0.39, 0.29) is 17.1 Å². The molecular weight excluding hydrogens is 328 g/mol. The van der Waals surface area contributed by atoms with Gasteiger partial charge in [0.15, 0.2) is 5.43 Å². The van der Waals surface area contributed by atoms with Crippen molar-refractivity contribution in [2.45, 2.75) is 32.7 Å². The summed E-state index contributed by atoms with van der Waals surface area (Å²) in [6.07, 6.45) is 5.00. The maximum absolute atomic E-state index is 13.3. The van der Waals surface area contributed by atoms with Gasteiger partial charge in [0.05, 0.1) is 17.0 Å². The van der Waals surface area contributed by atoms with E-state index in [1.54, 1.807) is 23.4 Å². The minimum absolute atomic E-state index is 0.120. The number of hydrogen-bond acceptors (Lipinski definition) is 4. The molecule has 0 fully saturated rings. The van der Waals surface area contributed by atoms with Crippen molar-refractivity contribution in [3.05, 3.63) is 75.4 Å². The molecule has 0 spiro atoms. The number of aryl methyl sites for hydroxylation is 1. The van der Waals surface area contributed by atoms with Crippen LogP contribution in [0.25, 0.3) is 11.0 Å². The van der Waals surface area contributed by atoms with E-state index in [1.165, 1.54) is 0 Å². The molecule has 3 aromatic rings. The van der Waals surface area contributed by atoms with E-state index >= 15 is 0 Å². The van der Waals surface area contributed by atoms with Gasteiger partial charge in [-0.25, -0.2) is 0 Å². The monoisotopic (exact) mass is 348 g/mol. The van der Waals surface area contributed by atoms with Gasteiger partial charge >= 0.3 is 0 Å². The van der Waals surface area contributed by atoms with Gasteiger partial charge in [-0.05, 0) is 48.2 Å². The summed E-state index contributed by atoms with van der Waals surface area (Å²) in [5, 5.41) is 0.535. The second kappa shape index (κ2) is 6.41. The van der Waals surface area contributed by atoms with Gasteiger partial charge in [0.1, 0.15) is 5.58 Å². The molecule has 1 unspecified atom stereocenters. The zero-order valence-corrected chi connectivity index (χ0v) is 14.9. The van der Waals surface area contributed by atoms with Gasteiger partial charge in [-0.3, -0.25) is 14.6 Å². The molecule has 132 valence electrons. The van der Waals surface area contributed by atoms with E-state index in [4.69, 9.17) is 4.42 Å². The fraction of sp³-hybridized carbons (Fsp3) is 0.286. The predicted molar refractivity (Wildman–Crippen MR) is 99.3 cm³/mol. The molecule has 1 amide bonds. The Kier molecular flexibility index (Phi) is 4.07. The number of carbonyl (C=O) groups excluding carboxylic acids is 1. The quantitative estimate of drug-likeness (QED) is 0.721. The second-order valence-corrected chi connectivity index (χ2v) is 6.54. The smallest absolute Gasteiger partial charge is 0.290 e. The number of hydrogen-bond donors (Lipinski definition) is 0. The van der Waals surface area contributed by atoms with Gasteiger partial charge < -0.3 is 9.32 Å². The first kappa shape index (κ1) is 16.5. The van der Waals surface area contributed by atoms with Crippen LogP contribution in [0.3, 0.4) is 0 Å². The second-order valence-electron chi connectivity index (χ2n) is 6.54. The molecule has 0 aliphatic carbocycles. The van der Waals surface area contributed by atoms with E-state index in [1.807, 2.05) is 38.1 Å². The lowest BCUT2D eigenvalue weighted by Gasteiger charge is -2.24. The average Bonchev–Trinajstić information content (AvgIpc) is 2.95.